The first-order valence-corrected chi connectivity index (χ1v) is 25.3. The van der Waals surface area contributed by atoms with Crippen LogP contribution in [0.4, 0.5) is 17.3 Å². The summed E-state index contributed by atoms with van der Waals surface area (Å²) in [6.45, 7) is 2.36. The average molecular weight is 973 g/mol. The molecule has 71 heavy (non-hydrogen) atoms. The summed E-state index contributed by atoms with van der Waals surface area (Å²) in [7, 11) is 0. The number of ketones is 2. The van der Waals surface area contributed by atoms with E-state index in [0.717, 1.165) is 105 Å². The number of hydrogen-bond acceptors (Lipinski definition) is 15. The zero-order valence-corrected chi connectivity index (χ0v) is 40.2. The maximum Gasteiger partial charge on any atom is 0.266 e. The van der Waals surface area contributed by atoms with Crippen LogP contribution in [0.15, 0.2) is 61.1 Å². The van der Waals surface area contributed by atoms with E-state index in [4.69, 9.17) is 14.2 Å². The third-order valence-electron chi connectivity index (χ3n) is 13.6. The molecular formula is C53H64N8O10. The topological polar surface area (TPSA) is 237 Å². The van der Waals surface area contributed by atoms with Gasteiger partial charge in [-0.05, 0) is 113 Å². The Balaban J connectivity index is 0.609. The monoisotopic (exact) mass is 972 g/mol. The normalized spacial score (nSPS) is 18.8. The van der Waals surface area contributed by atoms with Crippen LogP contribution in [0, 0.1) is 11.8 Å². The number of unbranched alkanes of at least 4 members (excludes halogenated alkanes) is 5. The molecule has 1 unspecified atom stereocenters. The quantitative estimate of drug-likeness (QED) is 0.0254. The van der Waals surface area contributed by atoms with Crippen LogP contribution in [0.2, 0.25) is 0 Å². The van der Waals surface area contributed by atoms with Gasteiger partial charge in [-0.3, -0.25) is 48.8 Å². The van der Waals surface area contributed by atoms with Crippen LogP contribution in [0.1, 0.15) is 140 Å². The number of pyridine rings is 3. The van der Waals surface area contributed by atoms with Crippen molar-refractivity contribution in [3.05, 3.63) is 77.7 Å². The maximum absolute atomic E-state index is 13.6. The molecule has 376 valence electrons. The third-order valence-corrected chi connectivity index (χ3v) is 13.6. The lowest BCUT2D eigenvalue weighted by molar-refractivity contribution is -0.136. The summed E-state index contributed by atoms with van der Waals surface area (Å²) >= 11 is 0. The van der Waals surface area contributed by atoms with Crippen molar-refractivity contribution in [1.29, 1.82) is 0 Å². The van der Waals surface area contributed by atoms with Gasteiger partial charge in [0.1, 0.15) is 29.2 Å². The molecule has 3 aromatic heterocycles. The van der Waals surface area contributed by atoms with Gasteiger partial charge in [0.2, 0.25) is 11.8 Å². The Morgan fingerprint density at radius 1 is 0.775 bits per heavy atom. The summed E-state index contributed by atoms with van der Waals surface area (Å²) in [5.74, 6) is -0.694. The molecule has 4 aliphatic rings. The van der Waals surface area contributed by atoms with Crippen LogP contribution in [0.3, 0.4) is 0 Å². The maximum atomic E-state index is 13.6. The Bertz CT molecular complexity index is 2580. The second kappa shape index (κ2) is 24.9. The molecule has 0 radical (unpaired) electrons. The van der Waals surface area contributed by atoms with E-state index >= 15 is 0 Å². The number of carbonyl (C=O) groups is 7. The summed E-state index contributed by atoms with van der Waals surface area (Å²) in [4.78, 5) is 104. The highest BCUT2D eigenvalue weighted by Crippen LogP contribution is 2.36. The minimum absolute atomic E-state index is 0.00349. The molecule has 2 aliphatic heterocycles. The number of amides is 5. The van der Waals surface area contributed by atoms with E-state index in [1.807, 2.05) is 24.3 Å². The lowest BCUT2D eigenvalue weighted by atomic mass is 9.77. The van der Waals surface area contributed by atoms with Gasteiger partial charge in [0.05, 0.1) is 41.1 Å². The fourth-order valence-corrected chi connectivity index (χ4v) is 9.46. The number of benzene rings is 1. The van der Waals surface area contributed by atoms with Gasteiger partial charge in [-0.2, -0.15) is 0 Å². The van der Waals surface area contributed by atoms with Crippen molar-refractivity contribution in [2.75, 3.05) is 50.2 Å². The number of piperidine rings is 1. The number of rotatable bonds is 28. The smallest absolute Gasteiger partial charge is 0.266 e. The van der Waals surface area contributed by atoms with Crippen LogP contribution in [0.5, 0.6) is 5.75 Å². The zero-order chi connectivity index (χ0) is 49.5. The van der Waals surface area contributed by atoms with Crippen molar-refractivity contribution in [2.45, 2.75) is 121 Å². The highest BCUT2D eigenvalue weighted by molar-refractivity contribution is 6.24. The minimum Gasteiger partial charge on any atom is -0.483 e. The molecule has 0 bridgehead atoms. The van der Waals surface area contributed by atoms with E-state index in [1.54, 1.807) is 24.7 Å². The van der Waals surface area contributed by atoms with Crippen LogP contribution in [0.25, 0.3) is 10.9 Å². The first-order valence-electron chi connectivity index (χ1n) is 25.3. The van der Waals surface area contributed by atoms with Crippen molar-refractivity contribution in [2.24, 2.45) is 11.8 Å². The van der Waals surface area contributed by atoms with Gasteiger partial charge in [0, 0.05) is 81.0 Å². The molecule has 3 fully saturated rings. The molecule has 8 rings (SSSR count). The molecule has 2 aliphatic carbocycles. The number of nitrogens with zero attached hydrogens (tertiary/aromatic N) is 4. The first-order chi connectivity index (χ1) is 34.6. The molecule has 1 aromatic carbocycles. The number of carbonyl (C=O) groups excluding carboxylic acids is 7. The number of Topliss-reactive ketones (excluding diaryl/α,β-unsaturated/α-hetero) is 2. The summed E-state index contributed by atoms with van der Waals surface area (Å²) in [5, 5.41) is 12.7. The summed E-state index contributed by atoms with van der Waals surface area (Å²) < 4.78 is 17.1. The van der Waals surface area contributed by atoms with Crippen LogP contribution >= 0.6 is 0 Å². The average Bonchev–Trinajstić information content (AvgIpc) is 4.16. The molecular weight excluding hydrogens is 909 g/mol. The lowest BCUT2D eigenvalue weighted by Crippen LogP contribution is -2.54. The SMILES string of the molecule is O=C(COc1cccc2c1C(=O)N(C1CCC(=O)NC1=O)C2=O)NCCCCCOCCOCCCCCCC(=O)C1CCC(CC(=O)c2cnc(Nc3ccc4cnccc4n3)cc2NC2CC2)CC1. The Morgan fingerprint density at radius 2 is 1.55 bits per heavy atom. The first kappa shape index (κ1) is 50.7. The number of aromatic nitrogens is 3. The number of anilines is 3. The summed E-state index contributed by atoms with van der Waals surface area (Å²) in [5.41, 5.74) is 2.34. The van der Waals surface area contributed by atoms with E-state index in [0.29, 0.717) is 74.8 Å². The highest BCUT2D eigenvalue weighted by atomic mass is 16.5. The van der Waals surface area contributed by atoms with Crippen molar-refractivity contribution in [3.8, 4) is 5.75 Å². The Labute approximate surface area is 413 Å². The van der Waals surface area contributed by atoms with Gasteiger partial charge in [-0.15, -0.1) is 0 Å². The van der Waals surface area contributed by atoms with Crippen LogP contribution in [-0.4, -0.2) is 113 Å². The van der Waals surface area contributed by atoms with E-state index in [-0.39, 0.29) is 59.9 Å². The Kier molecular flexibility index (Phi) is 17.8. The van der Waals surface area contributed by atoms with Crippen LogP contribution < -0.4 is 26.0 Å². The highest BCUT2D eigenvalue weighted by Gasteiger charge is 2.46. The summed E-state index contributed by atoms with van der Waals surface area (Å²) in [6.07, 6.45) is 18.2. The molecule has 18 heteroatoms. The number of nitrogens with one attached hydrogen (secondary N) is 4. The molecule has 2 saturated carbocycles. The van der Waals surface area contributed by atoms with Gasteiger partial charge < -0.3 is 30.2 Å². The minimum atomic E-state index is -1.09. The van der Waals surface area contributed by atoms with Gasteiger partial charge in [0.15, 0.2) is 12.4 Å². The van der Waals surface area contributed by atoms with Crippen molar-refractivity contribution >= 4 is 69.3 Å². The van der Waals surface area contributed by atoms with Gasteiger partial charge in [-0.1, -0.05) is 18.9 Å². The predicted molar refractivity (Wildman–Crippen MR) is 263 cm³/mol. The predicted octanol–water partition coefficient (Wildman–Crippen LogP) is 7.04. The number of hydrogen-bond donors (Lipinski definition) is 4. The molecule has 18 nitrogen and oxygen atoms in total. The van der Waals surface area contributed by atoms with Crippen LogP contribution in [-0.2, 0) is 28.7 Å². The molecule has 5 heterocycles. The van der Waals surface area contributed by atoms with Gasteiger partial charge in [-0.25, -0.2) is 9.97 Å². The van der Waals surface area contributed by atoms with E-state index in [2.05, 4.69) is 36.2 Å². The van der Waals surface area contributed by atoms with Gasteiger partial charge >= 0.3 is 0 Å². The van der Waals surface area contributed by atoms with Crippen molar-refractivity contribution in [1.82, 2.24) is 30.5 Å². The molecule has 1 saturated heterocycles. The summed E-state index contributed by atoms with van der Waals surface area (Å²) in [6, 6.07) is 11.4. The standard InChI is InChI=1S/C53H64N8O10/c62-43(35-14-12-34(13-15-35)29-44(63)39-32-56-47(30-41(39)57-37-17-18-37)59-46-20-16-36-31-54-24-22-40(36)58-46)10-4-1-2-6-25-69-27-28-70-26-7-3-5-23-55-49(65)33-71-45-11-8-9-38-50(45)53(68)61(52(38)67)42-19-21-48(64)60-51(42)66/h8-9,11,16,20,22,24,30-32,34-35,37,42H,1-7,10,12-15,17-19,21,23,25-29,33H2,(H,55,65)(H,60,64,66)(H2,56,57,58,59). The van der Waals surface area contributed by atoms with E-state index in [1.165, 1.54) is 12.1 Å². The fraction of sp³-hybridized carbons (Fsp3) is 0.509. The third kappa shape index (κ3) is 14.0. The molecule has 4 N–H and O–H groups in total. The lowest BCUT2D eigenvalue weighted by Gasteiger charge is -2.27. The molecule has 5 amide bonds. The van der Waals surface area contributed by atoms with Gasteiger partial charge in [0.25, 0.3) is 17.7 Å². The van der Waals surface area contributed by atoms with Crippen molar-refractivity contribution < 1.29 is 47.8 Å². The van der Waals surface area contributed by atoms with E-state index < -0.39 is 29.7 Å². The molecule has 4 aromatic rings. The number of ether oxygens (including phenoxy) is 3. The Morgan fingerprint density at radius 3 is 2.32 bits per heavy atom. The second-order valence-corrected chi connectivity index (χ2v) is 18.9. The second-order valence-electron chi connectivity index (χ2n) is 18.9. The molecule has 1 atom stereocenters. The largest absolute Gasteiger partial charge is 0.483 e. The number of fused-ring (bicyclic) bond motifs is 2. The van der Waals surface area contributed by atoms with E-state index in [9.17, 15) is 33.6 Å². The zero-order valence-electron chi connectivity index (χ0n) is 40.2. The molecule has 0 spiro atoms. The number of imide groups is 2. The fourth-order valence-electron chi connectivity index (χ4n) is 9.46. The Hall–Kier alpha value is -6.66. The van der Waals surface area contributed by atoms with Crippen molar-refractivity contribution in [3.63, 3.8) is 0 Å².